The number of carbonyl (C=O) groups is 3. The number of aliphatic carboxylic acids is 1. The van der Waals surface area contributed by atoms with Crippen LogP contribution in [0, 0.1) is 12.3 Å². The number of anilines is 1. The van der Waals surface area contributed by atoms with Gasteiger partial charge in [-0.1, -0.05) is 5.16 Å². The molecule has 2 fully saturated rings. The highest BCUT2D eigenvalue weighted by molar-refractivity contribution is 7.84. The van der Waals surface area contributed by atoms with Gasteiger partial charge in [-0.05, 0) is 64.0 Å². The number of aryl methyl sites for hydroxylation is 1. The van der Waals surface area contributed by atoms with Crippen LogP contribution in [0.15, 0.2) is 29.4 Å². The number of carbonyl (C=O) groups excluding carboxylic acids is 2. The minimum absolute atomic E-state index is 0.0442. The van der Waals surface area contributed by atoms with Crippen molar-refractivity contribution in [2.24, 2.45) is 5.16 Å². The van der Waals surface area contributed by atoms with Gasteiger partial charge in [-0.2, -0.15) is 8.42 Å². The van der Waals surface area contributed by atoms with Crippen LogP contribution in [-0.4, -0.2) is 101 Å². The number of β-lactam (4-membered cyclic amide) rings is 1. The number of nitrogens with one attached hydrogen (secondary N) is 4. The lowest BCUT2D eigenvalue weighted by Gasteiger charge is -2.42. The highest BCUT2D eigenvalue weighted by Gasteiger charge is 2.51. The summed E-state index contributed by atoms with van der Waals surface area (Å²) in [7, 11) is -4.83. The first-order valence-electron chi connectivity index (χ1n) is 13.4. The van der Waals surface area contributed by atoms with Crippen LogP contribution in [0.3, 0.4) is 0 Å². The molecule has 44 heavy (non-hydrogen) atoms. The standard InChI is InChI=1S/C25H32N8O9S2/c1-12-18(23(35)33(12)44(38,39)40)30-22(34)20(19-13(2)43-25(27)31-19)32-42-17(24(36)37)11-41-16-5-3-14(4-6-16)21(26)29-15-7-9-28-10-8-15/h3-6,12,15,17-18,28H,7-11H2,1-2H3,(H2,26,29)(H2,27,31)(H,30,34)(H,36,37)(H,38,39,40)/b32-20-/t12-,17?,18+/m1/s1. The molecule has 0 aliphatic carbocycles. The molecule has 238 valence electrons. The molecule has 0 saturated carbocycles. The number of amidine groups is 1. The van der Waals surface area contributed by atoms with E-state index in [1.165, 1.54) is 6.92 Å². The number of aromatic nitrogens is 1. The zero-order chi connectivity index (χ0) is 32.2. The molecular formula is C25H32N8O9S2. The zero-order valence-electron chi connectivity index (χ0n) is 23.6. The van der Waals surface area contributed by atoms with Gasteiger partial charge in [-0.15, -0.1) is 11.3 Å². The van der Waals surface area contributed by atoms with Gasteiger partial charge in [0.05, 0.1) is 6.04 Å². The lowest BCUT2D eigenvalue weighted by Crippen LogP contribution is -2.71. The predicted molar refractivity (Wildman–Crippen MR) is 158 cm³/mol. The lowest BCUT2D eigenvalue weighted by molar-refractivity contribution is -0.152. The second-order valence-corrected chi connectivity index (χ2v) is 12.5. The Morgan fingerprint density at radius 2 is 1.93 bits per heavy atom. The van der Waals surface area contributed by atoms with Crippen molar-refractivity contribution >= 4 is 56.1 Å². The summed E-state index contributed by atoms with van der Waals surface area (Å²) in [5.41, 5.74) is 5.81. The molecule has 8 N–H and O–H groups in total. The summed E-state index contributed by atoms with van der Waals surface area (Å²) in [5, 5.41) is 30.6. The fraction of sp³-hybridized carbons (Fsp3) is 0.440. The molecule has 19 heteroatoms. The monoisotopic (exact) mass is 652 g/mol. The number of carboxylic acids is 1. The van der Waals surface area contributed by atoms with Gasteiger partial charge in [0.25, 0.3) is 17.9 Å². The molecule has 4 rings (SSSR count). The van der Waals surface area contributed by atoms with E-state index in [1.54, 1.807) is 31.2 Å². The lowest BCUT2D eigenvalue weighted by atomic mass is 10.0. The van der Waals surface area contributed by atoms with Crippen molar-refractivity contribution in [3.63, 3.8) is 0 Å². The Labute approximate surface area is 256 Å². The van der Waals surface area contributed by atoms with Gasteiger partial charge in [0.15, 0.2) is 10.8 Å². The van der Waals surface area contributed by atoms with E-state index in [4.69, 9.17) is 20.7 Å². The Kier molecular flexibility index (Phi) is 10.0. The summed E-state index contributed by atoms with van der Waals surface area (Å²) in [6.45, 7) is 4.11. The Morgan fingerprint density at radius 3 is 2.48 bits per heavy atom. The molecule has 1 aromatic carbocycles. The maximum Gasteiger partial charge on any atom is 0.362 e. The molecule has 3 heterocycles. The highest BCUT2D eigenvalue weighted by atomic mass is 32.2. The molecule has 2 amide bonds. The van der Waals surface area contributed by atoms with E-state index >= 15 is 0 Å². The molecule has 0 radical (unpaired) electrons. The van der Waals surface area contributed by atoms with Crippen LogP contribution in [-0.2, 0) is 29.5 Å². The van der Waals surface area contributed by atoms with Gasteiger partial charge in [0, 0.05) is 16.5 Å². The number of rotatable bonds is 12. The van der Waals surface area contributed by atoms with Crippen molar-refractivity contribution < 1.29 is 42.0 Å². The normalized spacial score (nSPS) is 19.9. The Morgan fingerprint density at radius 1 is 1.27 bits per heavy atom. The summed E-state index contributed by atoms with van der Waals surface area (Å²) in [6, 6.07) is 4.22. The average Bonchev–Trinajstić information content (AvgIpc) is 3.30. The minimum Gasteiger partial charge on any atom is -0.489 e. The van der Waals surface area contributed by atoms with Gasteiger partial charge < -0.3 is 36.4 Å². The van der Waals surface area contributed by atoms with Crippen molar-refractivity contribution in [1.29, 1.82) is 5.41 Å². The van der Waals surface area contributed by atoms with Gasteiger partial charge >= 0.3 is 16.3 Å². The molecule has 2 saturated heterocycles. The first-order chi connectivity index (χ1) is 20.8. The highest BCUT2D eigenvalue weighted by Crippen LogP contribution is 2.24. The number of hydrogen-bond acceptors (Lipinski definition) is 13. The third-order valence-electron chi connectivity index (χ3n) is 6.90. The van der Waals surface area contributed by atoms with Gasteiger partial charge in [-0.3, -0.25) is 19.6 Å². The fourth-order valence-corrected chi connectivity index (χ4v) is 6.12. The second-order valence-electron chi connectivity index (χ2n) is 10.0. The smallest absolute Gasteiger partial charge is 0.362 e. The topological polar surface area (TPSA) is 259 Å². The number of oxime groups is 1. The van der Waals surface area contributed by atoms with Crippen LogP contribution in [0.2, 0.25) is 0 Å². The van der Waals surface area contributed by atoms with Gasteiger partial charge in [0.2, 0.25) is 0 Å². The third-order valence-corrected chi connectivity index (χ3v) is 8.71. The third kappa shape index (κ3) is 7.59. The quantitative estimate of drug-likeness (QED) is 0.0501. The van der Waals surface area contributed by atoms with E-state index in [0.29, 0.717) is 16.2 Å². The summed E-state index contributed by atoms with van der Waals surface area (Å²) in [4.78, 5) is 47.0. The number of nitrogen functional groups attached to an aromatic ring is 1. The number of ether oxygens (including phenoxy) is 1. The van der Waals surface area contributed by atoms with E-state index < -0.39 is 58.6 Å². The first-order valence-corrected chi connectivity index (χ1v) is 15.6. The molecule has 3 atom stereocenters. The number of nitrogens with zero attached hydrogens (tertiary/aromatic N) is 3. The number of piperidine rings is 1. The van der Waals surface area contributed by atoms with Crippen LogP contribution in [0.25, 0.3) is 0 Å². The Bertz CT molecular complexity index is 1560. The fourth-order valence-electron chi connectivity index (χ4n) is 4.55. The molecule has 17 nitrogen and oxygen atoms in total. The number of nitrogens with two attached hydrogens (primary N) is 1. The average molecular weight is 653 g/mol. The molecule has 0 spiro atoms. The number of thiazole rings is 1. The molecule has 0 bridgehead atoms. The maximum atomic E-state index is 13.1. The molecule has 1 unspecified atom stereocenters. The SMILES string of the molecule is Cc1sc(N)nc1/C(=N/OC(COc1ccc(C(=N)NC2CCNCC2)cc1)C(=O)O)C(=O)N[C@@H]1C(=O)N(S(=O)(=O)O)[C@@H]1C. The van der Waals surface area contributed by atoms with Crippen LogP contribution in [0.5, 0.6) is 5.75 Å². The van der Waals surface area contributed by atoms with Crippen molar-refractivity contribution in [2.45, 2.75) is 50.9 Å². The van der Waals surface area contributed by atoms with Crippen molar-refractivity contribution in [3.05, 3.63) is 40.4 Å². The number of benzene rings is 1. The van der Waals surface area contributed by atoms with E-state index in [-0.39, 0.29) is 27.0 Å². The van der Waals surface area contributed by atoms with Crippen LogP contribution in [0.4, 0.5) is 5.13 Å². The maximum absolute atomic E-state index is 13.1. The first kappa shape index (κ1) is 32.6. The van der Waals surface area contributed by atoms with Crippen LogP contribution < -0.4 is 26.4 Å². The Hall–Kier alpha value is -4.33. The van der Waals surface area contributed by atoms with E-state index in [9.17, 15) is 32.5 Å². The van der Waals surface area contributed by atoms with E-state index in [2.05, 4.69) is 26.1 Å². The number of amides is 2. The van der Waals surface area contributed by atoms with Crippen LogP contribution in [0.1, 0.15) is 35.9 Å². The largest absolute Gasteiger partial charge is 0.489 e. The summed E-state index contributed by atoms with van der Waals surface area (Å²) in [5.74, 6) is -3.01. The number of hydrogen-bond donors (Lipinski definition) is 7. The van der Waals surface area contributed by atoms with Crippen molar-refractivity contribution in [3.8, 4) is 5.75 Å². The minimum atomic E-state index is -4.83. The van der Waals surface area contributed by atoms with Crippen molar-refractivity contribution in [1.82, 2.24) is 25.2 Å². The summed E-state index contributed by atoms with van der Waals surface area (Å²) < 4.78 is 37.8. The van der Waals surface area contributed by atoms with Crippen molar-refractivity contribution in [2.75, 3.05) is 25.4 Å². The molecular weight excluding hydrogens is 620 g/mol. The molecule has 1 aromatic heterocycles. The summed E-state index contributed by atoms with van der Waals surface area (Å²) in [6.07, 6.45) is 0.130. The zero-order valence-corrected chi connectivity index (χ0v) is 25.3. The molecule has 2 aliphatic rings. The molecule has 2 aliphatic heterocycles. The second kappa shape index (κ2) is 13.5. The van der Waals surface area contributed by atoms with Gasteiger partial charge in [-0.25, -0.2) is 14.1 Å². The van der Waals surface area contributed by atoms with Gasteiger partial charge in [0.1, 0.15) is 29.9 Å². The summed E-state index contributed by atoms with van der Waals surface area (Å²) >= 11 is 1.02. The Balaban J connectivity index is 1.43. The number of carboxylic acid groups (broad SMARTS) is 1. The van der Waals surface area contributed by atoms with E-state index in [0.717, 1.165) is 37.3 Å². The van der Waals surface area contributed by atoms with E-state index in [1.807, 2.05) is 0 Å². The predicted octanol–water partition coefficient (Wildman–Crippen LogP) is -0.528. The van der Waals surface area contributed by atoms with Crippen LogP contribution >= 0.6 is 11.3 Å². The molecule has 2 aromatic rings.